The molecule has 1 unspecified atom stereocenters. The number of carbonyl (C=O) groups excluding carboxylic acids is 1. The zero-order valence-corrected chi connectivity index (χ0v) is 17.8. The maximum atomic E-state index is 12.7. The smallest absolute Gasteiger partial charge is 0.239 e. The Morgan fingerprint density at radius 3 is 2.36 bits per heavy atom. The van der Waals surface area contributed by atoms with Crippen LogP contribution >= 0.6 is 24.8 Å². The predicted octanol–water partition coefficient (Wildman–Crippen LogP) is 2.90. The lowest BCUT2D eigenvalue weighted by Gasteiger charge is -2.31. The van der Waals surface area contributed by atoms with Gasteiger partial charge in [-0.3, -0.25) is 4.79 Å². The molecule has 2 N–H and O–H groups in total. The maximum Gasteiger partial charge on any atom is 0.239 e. The van der Waals surface area contributed by atoms with E-state index in [9.17, 15) is 4.79 Å². The average molecular weight is 426 g/mol. The summed E-state index contributed by atoms with van der Waals surface area (Å²) >= 11 is 0. The van der Waals surface area contributed by atoms with E-state index in [0.717, 1.165) is 37.4 Å². The molecule has 0 aliphatic carbocycles. The third kappa shape index (κ3) is 6.38. The molecule has 7 heteroatoms. The van der Waals surface area contributed by atoms with Gasteiger partial charge in [0, 0.05) is 32.4 Å². The Labute approximate surface area is 179 Å². The lowest BCUT2D eigenvalue weighted by Crippen LogP contribution is -2.43. The summed E-state index contributed by atoms with van der Waals surface area (Å²) in [5, 5.41) is 0. The van der Waals surface area contributed by atoms with E-state index in [2.05, 4.69) is 17.0 Å². The Balaban J connectivity index is 0.00000196. The van der Waals surface area contributed by atoms with Crippen LogP contribution in [0.1, 0.15) is 11.1 Å². The summed E-state index contributed by atoms with van der Waals surface area (Å²) in [6.07, 6.45) is 0.551. The van der Waals surface area contributed by atoms with E-state index < -0.39 is 6.04 Å². The fourth-order valence-corrected chi connectivity index (χ4v) is 3.33. The number of amides is 1. The van der Waals surface area contributed by atoms with Crippen LogP contribution in [0.15, 0.2) is 54.6 Å². The summed E-state index contributed by atoms with van der Waals surface area (Å²) in [7, 11) is 1.82. The van der Waals surface area contributed by atoms with E-state index in [1.54, 1.807) is 4.90 Å². The molecule has 154 valence electrons. The SMILES string of the molecule is CN(Cc1ccccc1N1CCOCC1)C(=O)C(N)Cc1ccccc1.Cl.Cl. The summed E-state index contributed by atoms with van der Waals surface area (Å²) in [4.78, 5) is 16.8. The normalized spacial score (nSPS) is 14.4. The number of para-hydroxylation sites is 1. The highest BCUT2D eigenvalue weighted by Gasteiger charge is 2.21. The van der Waals surface area contributed by atoms with Gasteiger partial charge in [-0.25, -0.2) is 0 Å². The lowest BCUT2D eigenvalue weighted by atomic mass is 10.1. The van der Waals surface area contributed by atoms with Crippen molar-refractivity contribution in [2.24, 2.45) is 5.73 Å². The Bertz CT molecular complexity index is 725. The number of nitrogens with two attached hydrogens (primary N) is 1. The first-order valence-electron chi connectivity index (χ1n) is 9.10. The number of rotatable bonds is 6. The van der Waals surface area contributed by atoms with Crippen molar-refractivity contribution in [1.82, 2.24) is 4.90 Å². The number of morpholine rings is 1. The van der Waals surface area contributed by atoms with Gasteiger partial charge in [0.15, 0.2) is 0 Å². The van der Waals surface area contributed by atoms with Crippen molar-refractivity contribution < 1.29 is 9.53 Å². The first-order chi connectivity index (χ1) is 12.6. The third-order valence-corrected chi connectivity index (χ3v) is 4.74. The van der Waals surface area contributed by atoms with E-state index in [1.165, 1.54) is 5.69 Å². The second-order valence-corrected chi connectivity index (χ2v) is 6.72. The Morgan fingerprint density at radius 1 is 1.07 bits per heavy atom. The van der Waals surface area contributed by atoms with Crippen molar-refractivity contribution in [2.45, 2.75) is 19.0 Å². The summed E-state index contributed by atoms with van der Waals surface area (Å²) < 4.78 is 5.45. The second-order valence-electron chi connectivity index (χ2n) is 6.72. The molecule has 28 heavy (non-hydrogen) atoms. The molecule has 5 nitrogen and oxygen atoms in total. The van der Waals surface area contributed by atoms with Crippen LogP contribution < -0.4 is 10.6 Å². The van der Waals surface area contributed by atoms with E-state index in [1.807, 2.05) is 49.5 Å². The van der Waals surface area contributed by atoms with Crippen LogP contribution in [-0.4, -0.2) is 50.2 Å². The largest absolute Gasteiger partial charge is 0.378 e. The number of carbonyl (C=O) groups is 1. The number of likely N-dealkylation sites (N-methyl/N-ethyl adjacent to an activating group) is 1. The molecule has 1 heterocycles. The number of anilines is 1. The molecule has 0 radical (unpaired) electrons. The van der Waals surface area contributed by atoms with Gasteiger partial charge in [-0.05, 0) is 23.6 Å². The van der Waals surface area contributed by atoms with Gasteiger partial charge in [0.25, 0.3) is 0 Å². The number of nitrogens with zero attached hydrogens (tertiary/aromatic N) is 2. The van der Waals surface area contributed by atoms with E-state index in [-0.39, 0.29) is 30.7 Å². The molecule has 1 fully saturated rings. The quantitative estimate of drug-likeness (QED) is 0.772. The van der Waals surface area contributed by atoms with Crippen LogP contribution in [0.2, 0.25) is 0 Å². The van der Waals surface area contributed by atoms with E-state index in [0.29, 0.717) is 13.0 Å². The first kappa shape index (κ1) is 24.2. The molecule has 1 aliphatic rings. The van der Waals surface area contributed by atoms with Crippen molar-refractivity contribution in [1.29, 1.82) is 0 Å². The molecular formula is C21H29Cl2N3O2. The van der Waals surface area contributed by atoms with Crippen LogP contribution in [0.4, 0.5) is 5.69 Å². The van der Waals surface area contributed by atoms with Gasteiger partial charge in [0.1, 0.15) is 0 Å². The van der Waals surface area contributed by atoms with Crippen molar-refractivity contribution in [3.8, 4) is 0 Å². The molecular weight excluding hydrogens is 397 g/mol. The Hall–Kier alpha value is -1.79. The zero-order valence-electron chi connectivity index (χ0n) is 16.1. The summed E-state index contributed by atoms with van der Waals surface area (Å²) in [5.41, 5.74) is 9.56. The Morgan fingerprint density at radius 2 is 1.68 bits per heavy atom. The third-order valence-electron chi connectivity index (χ3n) is 4.74. The minimum absolute atomic E-state index is 0. The molecule has 3 rings (SSSR count). The molecule has 0 bridgehead atoms. The van der Waals surface area contributed by atoms with Crippen LogP contribution in [0.5, 0.6) is 0 Å². The fourth-order valence-electron chi connectivity index (χ4n) is 3.33. The highest BCUT2D eigenvalue weighted by Crippen LogP contribution is 2.23. The van der Waals surface area contributed by atoms with Crippen molar-refractivity contribution >= 4 is 36.4 Å². The highest BCUT2D eigenvalue weighted by atomic mass is 35.5. The summed E-state index contributed by atoms with van der Waals surface area (Å²) in [6, 6.07) is 17.6. The van der Waals surface area contributed by atoms with Gasteiger partial charge < -0.3 is 20.3 Å². The number of halogens is 2. The Kier molecular flexibility index (Phi) is 10.3. The molecule has 1 saturated heterocycles. The highest BCUT2D eigenvalue weighted by molar-refractivity contribution is 5.85. The molecule has 2 aromatic carbocycles. The monoisotopic (exact) mass is 425 g/mol. The van der Waals surface area contributed by atoms with E-state index >= 15 is 0 Å². The van der Waals surface area contributed by atoms with Gasteiger partial charge in [0.05, 0.1) is 19.3 Å². The van der Waals surface area contributed by atoms with E-state index in [4.69, 9.17) is 10.5 Å². The standard InChI is InChI=1S/C21H27N3O2.2ClH/c1-23(21(25)19(22)15-17-7-3-2-4-8-17)16-18-9-5-6-10-20(18)24-11-13-26-14-12-24;;/h2-10,19H,11-16,22H2,1H3;2*1H. The lowest BCUT2D eigenvalue weighted by molar-refractivity contribution is -0.131. The van der Waals surface area contributed by atoms with Gasteiger partial charge >= 0.3 is 0 Å². The summed E-state index contributed by atoms with van der Waals surface area (Å²) in [5.74, 6) is -0.0365. The number of hydrogen-bond donors (Lipinski definition) is 1. The predicted molar refractivity (Wildman–Crippen MR) is 119 cm³/mol. The van der Waals surface area contributed by atoms with Crippen LogP contribution in [0, 0.1) is 0 Å². The molecule has 1 atom stereocenters. The van der Waals surface area contributed by atoms with Gasteiger partial charge in [-0.1, -0.05) is 48.5 Å². The minimum Gasteiger partial charge on any atom is -0.378 e. The molecule has 2 aromatic rings. The van der Waals surface area contributed by atoms with Gasteiger partial charge in [0.2, 0.25) is 5.91 Å². The second kappa shape index (κ2) is 11.9. The number of ether oxygens (including phenoxy) is 1. The van der Waals surface area contributed by atoms with Crippen molar-refractivity contribution in [3.63, 3.8) is 0 Å². The average Bonchev–Trinajstić information content (AvgIpc) is 2.69. The minimum atomic E-state index is -0.530. The van der Waals surface area contributed by atoms with Crippen LogP contribution in [0.25, 0.3) is 0 Å². The van der Waals surface area contributed by atoms with Crippen molar-refractivity contribution in [3.05, 3.63) is 65.7 Å². The topological polar surface area (TPSA) is 58.8 Å². The molecule has 1 aliphatic heterocycles. The fraction of sp³-hybridized carbons (Fsp3) is 0.381. The molecule has 0 aromatic heterocycles. The summed E-state index contributed by atoms with van der Waals surface area (Å²) in [6.45, 7) is 3.79. The van der Waals surface area contributed by atoms with Crippen LogP contribution in [-0.2, 0) is 22.5 Å². The molecule has 1 amide bonds. The number of benzene rings is 2. The first-order valence-corrected chi connectivity index (χ1v) is 9.10. The maximum absolute atomic E-state index is 12.7. The molecule has 0 saturated carbocycles. The van der Waals surface area contributed by atoms with Crippen molar-refractivity contribution in [2.75, 3.05) is 38.3 Å². The van der Waals surface area contributed by atoms with Crippen LogP contribution in [0.3, 0.4) is 0 Å². The van der Waals surface area contributed by atoms with Gasteiger partial charge in [-0.15, -0.1) is 24.8 Å². The molecule has 0 spiro atoms. The number of hydrogen-bond acceptors (Lipinski definition) is 4. The van der Waals surface area contributed by atoms with Gasteiger partial charge in [-0.2, -0.15) is 0 Å². The zero-order chi connectivity index (χ0) is 18.4.